The van der Waals surface area contributed by atoms with Crippen LogP contribution in [0.4, 0.5) is 0 Å². The molecule has 0 spiro atoms. The van der Waals surface area contributed by atoms with Gasteiger partial charge in [0.1, 0.15) is 0 Å². The van der Waals surface area contributed by atoms with Gasteiger partial charge in [-0.1, -0.05) is 19.8 Å². The van der Waals surface area contributed by atoms with Crippen LogP contribution in [0.1, 0.15) is 33.6 Å². The van der Waals surface area contributed by atoms with Crippen LogP contribution in [0, 0.1) is 24.1 Å². The van der Waals surface area contributed by atoms with E-state index < -0.39 is 0 Å². The molecule has 18 heavy (non-hydrogen) atoms. The van der Waals surface area contributed by atoms with Crippen LogP contribution >= 0.6 is 0 Å². The summed E-state index contributed by atoms with van der Waals surface area (Å²) in [6.45, 7) is 6.19. The van der Waals surface area contributed by atoms with Crippen molar-refractivity contribution in [3.63, 3.8) is 0 Å². The van der Waals surface area contributed by atoms with Gasteiger partial charge in [-0.25, -0.2) is 24.3 Å². The van der Waals surface area contributed by atoms with Crippen LogP contribution in [-0.4, -0.2) is 0 Å². The molecule has 0 aromatic rings. The van der Waals surface area contributed by atoms with Crippen molar-refractivity contribution in [2.45, 2.75) is 33.6 Å². The summed E-state index contributed by atoms with van der Waals surface area (Å²) >= 11 is 0. The topological polar surface area (TPSA) is 0 Å². The van der Waals surface area contributed by atoms with Crippen LogP contribution in [-0.2, 0) is 26.2 Å². The van der Waals surface area contributed by atoms with Crippen molar-refractivity contribution in [1.82, 2.24) is 0 Å². The average molecular weight is 340 g/mol. The Balaban J connectivity index is -0.000000178. The second-order valence-corrected chi connectivity index (χ2v) is 3.71. The fraction of sp³-hybridized carbons (Fsp3) is 0.375. The van der Waals surface area contributed by atoms with E-state index in [1.807, 2.05) is 37.3 Å². The Morgan fingerprint density at radius 2 is 1.50 bits per heavy atom. The van der Waals surface area contributed by atoms with Crippen molar-refractivity contribution in [3.8, 4) is 0 Å². The predicted octanol–water partition coefficient (Wildman–Crippen LogP) is 1.63. The summed E-state index contributed by atoms with van der Waals surface area (Å²) in [5.74, 6) is 0.662. The monoisotopic (exact) mass is 338 g/mol. The first kappa shape index (κ1) is 23.0. The minimum Gasteiger partial charge on any atom is -1.00 e. The maximum atomic E-state index is 2.99. The molecule has 2 heteroatoms. The third-order valence-electron chi connectivity index (χ3n) is 1.67. The van der Waals surface area contributed by atoms with Gasteiger partial charge in [-0.2, -0.15) is 19.1 Å². The van der Waals surface area contributed by atoms with Crippen LogP contribution in [0.15, 0.2) is 42.5 Å². The maximum absolute atomic E-state index is 2.99. The molecule has 0 saturated carbocycles. The van der Waals surface area contributed by atoms with Crippen molar-refractivity contribution in [2.75, 3.05) is 0 Å². The molecular weight excluding hydrogens is 319 g/mol. The standard InChI is InChI=1S/C6H11.2C5H5.ClH.Zr/c1-4-5-6(2)3;2*1-2-4-5-3-1;;/h5-6H,1-3H3;2*1-3H,4H2;1H;/q3*-1;;+4/p-1. The van der Waals surface area contributed by atoms with Crippen molar-refractivity contribution in [2.24, 2.45) is 5.92 Å². The molecule has 2 rings (SSSR count). The molecule has 0 atom stereocenters. The van der Waals surface area contributed by atoms with E-state index >= 15 is 0 Å². The van der Waals surface area contributed by atoms with Crippen LogP contribution in [0.5, 0.6) is 0 Å². The van der Waals surface area contributed by atoms with Crippen LogP contribution in [0.25, 0.3) is 0 Å². The van der Waals surface area contributed by atoms with Gasteiger partial charge in [0.25, 0.3) is 0 Å². The van der Waals surface area contributed by atoms with Crippen LogP contribution in [0.2, 0.25) is 0 Å². The quantitative estimate of drug-likeness (QED) is 0.637. The maximum Gasteiger partial charge on any atom is 4.00 e. The fourth-order valence-electron chi connectivity index (χ4n) is 1.01. The van der Waals surface area contributed by atoms with Gasteiger partial charge in [-0.3, -0.25) is 18.2 Å². The Labute approximate surface area is 138 Å². The molecule has 0 N–H and O–H groups in total. The summed E-state index contributed by atoms with van der Waals surface area (Å²) in [5, 5.41) is 0. The normalized spacial score (nSPS) is 13.6. The molecule has 2 aliphatic carbocycles. The molecule has 0 radical (unpaired) electrons. The summed E-state index contributed by atoms with van der Waals surface area (Å²) < 4.78 is 0. The summed E-state index contributed by atoms with van der Waals surface area (Å²) in [5.41, 5.74) is 0. The zero-order valence-corrected chi connectivity index (χ0v) is 14.6. The number of rotatable bonds is 1. The van der Waals surface area contributed by atoms with Crippen molar-refractivity contribution >= 4 is 0 Å². The van der Waals surface area contributed by atoms with Gasteiger partial charge in [-0.15, -0.1) is 12.8 Å². The van der Waals surface area contributed by atoms with Crippen molar-refractivity contribution < 1.29 is 38.6 Å². The first-order valence-corrected chi connectivity index (χ1v) is 5.71. The molecule has 2 aliphatic rings. The number of hydrogen-bond acceptors (Lipinski definition) is 0. The third kappa shape index (κ3) is 21.2. The van der Waals surface area contributed by atoms with Crippen LogP contribution in [0.3, 0.4) is 0 Å². The van der Waals surface area contributed by atoms with Gasteiger partial charge in [0.15, 0.2) is 0 Å². The smallest absolute Gasteiger partial charge is 1.00 e. The first-order valence-electron chi connectivity index (χ1n) is 5.71. The zero-order chi connectivity index (χ0) is 12.1. The van der Waals surface area contributed by atoms with E-state index in [1.54, 1.807) is 0 Å². The molecule has 96 valence electrons. The number of allylic oxidation sites excluding steroid dienone is 10. The van der Waals surface area contributed by atoms with E-state index in [4.69, 9.17) is 0 Å². The Morgan fingerprint density at radius 3 is 1.56 bits per heavy atom. The molecule has 0 nitrogen and oxygen atoms in total. The van der Waals surface area contributed by atoms with E-state index in [9.17, 15) is 0 Å². The largest absolute Gasteiger partial charge is 4.00 e. The van der Waals surface area contributed by atoms with Gasteiger partial charge in [0, 0.05) is 0 Å². The molecule has 0 saturated heterocycles. The first-order chi connectivity index (χ1) is 7.77. The predicted molar refractivity (Wildman–Crippen MR) is 71.5 cm³/mol. The number of hydrogen-bond donors (Lipinski definition) is 0. The third-order valence-corrected chi connectivity index (χ3v) is 1.67. The molecule has 0 amide bonds. The summed E-state index contributed by atoms with van der Waals surface area (Å²) in [4.78, 5) is 0. The summed E-state index contributed by atoms with van der Waals surface area (Å²) in [7, 11) is 0. The van der Waals surface area contributed by atoms with Crippen LogP contribution < -0.4 is 12.4 Å². The molecule has 0 aliphatic heterocycles. The second-order valence-electron chi connectivity index (χ2n) is 3.71. The van der Waals surface area contributed by atoms with E-state index in [1.165, 1.54) is 0 Å². The summed E-state index contributed by atoms with van der Waals surface area (Å²) in [6.07, 6.45) is 25.0. The molecule has 0 bridgehead atoms. The van der Waals surface area contributed by atoms with Gasteiger partial charge in [-0.05, 0) is 0 Å². The minimum atomic E-state index is 0. The molecule has 0 fully saturated rings. The SMILES string of the molecule is C[C-]=CC(C)C.[C-]1=CC=CC1.[C-]1=CC=CC1.[Cl-].[Zr+4]. The van der Waals surface area contributed by atoms with Gasteiger partial charge >= 0.3 is 26.2 Å². The Hall–Kier alpha value is -0.127. The van der Waals surface area contributed by atoms with E-state index in [-0.39, 0.29) is 38.6 Å². The van der Waals surface area contributed by atoms with Crippen molar-refractivity contribution in [3.05, 3.63) is 60.8 Å². The van der Waals surface area contributed by atoms with E-state index in [0.717, 1.165) is 12.8 Å². The van der Waals surface area contributed by atoms with Gasteiger partial charge < -0.3 is 18.5 Å². The zero-order valence-electron chi connectivity index (χ0n) is 11.4. The van der Waals surface area contributed by atoms with E-state index in [0.29, 0.717) is 5.92 Å². The number of halogens is 1. The fourth-order valence-corrected chi connectivity index (χ4v) is 1.01. The van der Waals surface area contributed by atoms with E-state index in [2.05, 4.69) is 44.2 Å². The Bertz CT molecular complexity index is 241. The minimum absolute atomic E-state index is 0. The Morgan fingerprint density at radius 1 is 1.06 bits per heavy atom. The molecule has 0 aromatic heterocycles. The Kier molecular flexibility index (Phi) is 24.6. The molecular formula is C16H21ClZr. The summed E-state index contributed by atoms with van der Waals surface area (Å²) in [6, 6.07) is 0. The molecule has 0 heterocycles. The van der Waals surface area contributed by atoms with Gasteiger partial charge in [0.2, 0.25) is 0 Å². The van der Waals surface area contributed by atoms with Gasteiger partial charge in [0.05, 0.1) is 0 Å². The second kappa shape index (κ2) is 19.2. The molecule has 0 unspecified atom stereocenters. The average Bonchev–Trinajstić information content (AvgIpc) is 2.98. The molecule has 0 aromatic carbocycles. The van der Waals surface area contributed by atoms with Crippen molar-refractivity contribution in [1.29, 1.82) is 0 Å².